The molecule has 1 saturated heterocycles. The van der Waals surface area contributed by atoms with Crippen LogP contribution in [0.5, 0.6) is 0 Å². The van der Waals surface area contributed by atoms with Crippen LogP contribution in [0.3, 0.4) is 0 Å². The predicted octanol–water partition coefficient (Wildman–Crippen LogP) is 3.33. The normalized spacial score (nSPS) is 23.1. The van der Waals surface area contributed by atoms with Gasteiger partial charge in [-0.2, -0.15) is 5.10 Å². The van der Waals surface area contributed by atoms with Crippen molar-refractivity contribution in [3.05, 3.63) is 45.5 Å². The maximum absolute atomic E-state index is 13.8. The third-order valence-corrected chi connectivity index (χ3v) is 6.65. The molecule has 0 radical (unpaired) electrons. The number of fused-ring (bicyclic) bond motifs is 2. The highest BCUT2D eigenvalue weighted by Crippen LogP contribution is 2.52. The van der Waals surface area contributed by atoms with E-state index in [9.17, 15) is 9.18 Å². The number of pyridine rings is 1. The summed E-state index contributed by atoms with van der Waals surface area (Å²) in [6, 6.07) is 7.00. The third-order valence-electron chi connectivity index (χ3n) is 5.86. The van der Waals surface area contributed by atoms with E-state index in [2.05, 4.69) is 37.6 Å². The lowest BCUT2D eigenvalue weighted by molar-refractivity contribution is -0.142. The second-order valence-electron chi connectivity index (χ2n) is 7.48. The number of anilines is 1. The van der Waals surface area contributed by atoms with Crippen LogP contribution in [0.15, 0.2) is 30.5 Å². The van der Waals surface area contributed by atoms with Crippen LogP contribution in [-0.4, -0.2) is 40.9 Å². The van der Waals surface area contributed by atoms with E-state index in [1.807, 2.05) is 23.7 Å². The molecule has 2 fully saturated rings. The SMILES string of the molecule is COC(=O)C1[C@H]2CN(c3ccc(-n4nc(I)c5cc(F)cc(C)c54)cn3)C[C@@H]12. The van der Waals surface area contributed by atoms with Crippen molar-refractivity contribution in [3.63, 3.8) is 0 Å². The number of nitrogens with zero attached hydrogens (tertiary/aromatic N) is 4. The maximum Gasteiger partial charge on any atom is 0.309 e. The van der Waals surface area contributed by atoms with Crippen molar-refractivity contribution in [1.29, 1.82) is 0 Å². The van der Waals surface area contributed by atoms with Crippen molar-refractivity contribution in [2.75, 3.05) is 25.1 Å². The van der Waals surface area contributed by atoms with Gasteiger partial charge in [-0.05, 0) is 71.2 Å². The van der Waals surface area contributed by atoms with Crippen molar-refractivity contribution in [2.24, 2.45) is 17.8 Å². The summed E-state index contributed by atoms with van der Waals surface area (Å²) in [5.41, 5.74) is 2.56. The first kappa shape index (κ1) is 17.8. The highest BCUT2D eigenvalue weighted by Gasteiger charge is 2.60. The van der Waals surface area contributed by atoms with E-state index in [1.54, 1.807) is 6.20 Å². The minimum atomic E-state index is -0.256. The van der Waals surface area contributed by atoms with Gasteiger partial charge in [-0.3, -0.25) is 4.79 Å². The summed E-state index contributed by atoms with van der Waals surface area (Å²) in [4.78, 5) is 18.5. The fourth-order valence-electron chi connectivity index (χ4n) is 4.44. The van der Waals surface area contributed by atoms with Crippen LogP contribution in [0.1, 0.15) is 5.56 Å². The molecule has 1 aliphatic carbocycles. The summed E-state index contributed by atoms with van der Waals surface area (Å²) in [6.45, 7) is 3.55. The topological polar surface area (TPSA) is 60.2 Å². The van der Waals surface area contributed by atoms with Crippen LogP contribution < -0.4 is 4.90 Å². The number of benzene rings is 1. The first-order chi connectivity index (χ1) is 13.5. The smallest absolute Gasteiger partial charge is 0.309 e. The lowest BCUT2D eigenvalue weighted by Crippen LogP contribution is -2.27. The van der Waals surface area contributed by atoms with Crippen LogP contribution >= 0.6 is 22.6 Å². The summed E-state index contributed by atoms with van der Waals surface area (Å²) in [7, 11) is 1.45. The van der Waals surface area contributed by atoms with Crippen LogP contribution in [0.2, 0.25) is 0 Å². The molecular formula is C20H18FIN4O2. The number of methoxy groups -OCH3 is 1. The molecule has 0 bridgehead atoms. The lowest BCUT2D eigenvalue weighted by atomic mass is 10.1. The zero-order chi connectivity index (χ0) is 19.6. The monoisotopic (exact) mass is 492 g/mol. The van der Waals surface area contributed by atoms with Gasteiger partial charge in [-0.15, -0.1) is 0 Å². The summed E-state index contributed by atoms with van der Waals surface area (Å²) in [5, 5.41) is 5.38. The zero-order valence-electron chi connectivity index (χ0n) is 15.4. The van der Waals surface area contributed by atoms with E-state index in [0.717, 1.165) is 44.8 Å². The molecule has 6 nitrogen and oxygen atoms in total. The Labute approximate surface area is 174 Å². The molecule has 0 N–H and O–H groups in total. The van der Waals surface area contributed by atoms with Crippen molar-refractivity contribution >= 4 is 45.3 Å². The van der Waals surface area contributed by atoms with Crippen molar-refractivity contribution in [3.8, 4) is 5.69 Å². The first-order valence-electron chi connectivity index (χ1n) is 9.11. The first-order valence-corrected chi connectivity index (χ1v) is 10.2. The lowest BCUT2D eigenvalue weighted by Gasteiger charge is -2.20. The van der Waals surface area contributed by atoms with E-state index in [4.69, 9.17) is 4.74 Å². The molecule has 144 valence electrons. The number of aromatic nitrogens is 3. The molecule has 1 unspecified atom stereocenters. The number of aryl methyl sites for hydroxylation is 1. The Kier molecular flexibility index (Phi) is 4.08. The second kappa shape index (κ2) is 6.40. The van der Waals surface area contributed by atoms with Gasteiger partial charge in [0.25, 0.3) is 0 Å². The maximum atomic E-state index is 13.8. The summed E-state index contributed by atoms with van der Waals surface area (Å²) < 4.78 is 21.2. The molecule has 2 aromatic heterocycles. The molecule has 1 aliphatic heterocycles. The fraction of sp³-hybridized carbons (Fsp3) is 0.350. The standard InChI is InChI=1S/C20H18FIN4O2/c1-10-5-11(21)6-13-18(10)26(24-19(13)22)12-3-4-16(23-7-12)25-8-14-15(9-25)17(14)20(27)28-2/h3-7,14-15,17H,8-9H2,1-2H3/t14-,15+,17?. The molecule has 3 atom stereocenters. The van der Waals surface area contributed by atoms with Gasteiger partial charge in [-0.1, -0.05) is 0 Å². The molecule has 2 aliphatic rings. The second-order valence-corrected chi connectivity index (χ2v) is 8.50. The number of carbonyl (C=O) groups excluding carboxylic acids is 1. The van der Waals surface area contributed by atoms with E-state index in [1.165, 1.54) is 19.2 Å². The molecule has 3 heterocycles. The van der Waals surface area contributed by atoms with Gasteiger partial charge in [-0.25, -0.2) is 14.1 Å². The highest BCUT2D eigenvalue weighted by molar-refractivity contribution is 14.1. The number of halogens is 2. The Balaban J connectivity index is 1.40. The van der Waals surface area contributed by atoms with Crippen molar-refractivity contribution < 1.29 is 13.9 Å². The minimum absolute atomic E-state index is 0.0569. The number of hydrogen-bond acceptors (Lipinski definition) is 5. The van der Waals surface area contributed by atoms with Crippen LogP contribution in [-0.2, 0) is 9.53 Å². The van der Waals surface area contributed by atoms with Crippen LogP contribution in [0.4, 0.5) is 10.2 Å². The largest absolute Gasteiger partial charge is 0.469 e. The van der Waals surface area contributed by atoms with Crippen LogP contribution in [0, 0.1) is 34.2 Å². The highest BCUT2D eigenvalue weighted by atomic mass is 127. The van der Waals surface area contributed by atoms with E-state index in [0.29, 0.717) is 11.8 Å². The number of piperidine rings is 1. The van der Waals surface area contributed by atoms with Crippen molar-refractivity contribution in [2.45, 2.75) is 6.92 Å². The predicted molar refractivity (Wildman–Crippen MR) is 111 cm³/mol. The fourth-order valence-corrected chi connectivity index (χ4v) is 5.07. The Hall–Kier alpha value is -2.23. The molecule has 5 rings (SSSR count). The van der Waals surface area contributed by atoms with Gasteiger partial charge < -0.3 is 9.64 Å². The van der Waals surface area contributed by atoms with Gasteiger partial charge in [0.2, 0.25) is 0 Å². The summed E-state index contributed by atoms with van der Waals surface area (Å²) >= 11 is 2.13. The molecule has 28 heavy (non-hydrogen) atoms. The minimum Gasteiger partial charge on any atom is -0.469 e. The molecule has 0 amide bonds. The average Bonchev–Trinajstić information content (AvgIpc) is 3.01. The Bertz CT molecular complexity index is 1090. The number of esters is 1. The van der Waals surface area contributed by atoms with Gasteiger partial charge >= 0.3 is 5.97 Å². The van der Waals surface area contributed by atoms with E-state index >= 15 is 0 Å². The summed E-state index contributed by atoms with van der Waals surface area (Å²) in [6.07, 6.45) is 1.79. The molecular weight excluding hydrogens is 474 g/mol. The Morgan fingerprint density at radius 3 is 2.68 bits per heavy atom. The quantitative estimate of drug-likeness (QED) is 0.415. The van der Waals surface area contributed by atoms with E-state index < -0.39 is 0 Å². The Morgan fingerprint density at radius 2 is 2.04 bits per heavy atom. The zero-order valence-corrected chi connectivity index (χ0v) is 17.6. The van der Waals surface area contributed by atoms with Gasteiger partial charge in [0.15, 0.2) is 0 Å². The molecule has 1 saturated carbocycles. The number of ether oxygens (including phenoxy) is 1. The number of rotatable bonds is 3. The molecule has 3 aromatic rings. The van der Waals surface area contributed by atoms with Gasteiger partial charge in [0, 0.05) is 18.5 Å². The summed E-state index contributed by atoms with van der Waals surface area (Å²) in [5.74, 6) is 1.36. The van der Waals surface area contributed by atoms with Gasteiger partial charge in [0.05, 0.1) is 30.4 Å². The van der Waals surface area contributed by atoms with Crippen LogP contribution in [0.25, 0.3) is 16.6 Å². The van der Waals surface area contributed by atoms with Gasteiger partial charge in [0.1, 0.15) is 15.3 Å². The molecule has 8 heteroatoms. The third kappa shape index (κ3) is 2.68. The molecule has 1 aromatic carbocycles. The Morgan fingerprint density at radius 1 is 1.29 bits per heavy atom. The average molecular weight is 492 g/mol. The number of carbonyl (C=O) groups is 1. The number of hydrogen-bond donors (Lipinski definition) is 0. The molecule has 0 spiro atoms. The van der Waals surface area contributed by atoms with Crippen molar-refractivity contribution in [1.82, 2.24) is 14.8 Å². The van der Waals surface area contributed by atoms with E-state index in [-0.39, 0.29) is 17.7 Å².